The number of aromatic nitrogens is 2. The molecule has 0 spiro atoms. The maximum atomic E-state index is 12.8. The average molecular weight is 361 g/mol. The molecule has 0 unspecified atom stereocenters. The molecule has 0 saturated heterocycles. The Morgan fingerprint density at radius 2 is 2.00 bits per heavy atom. The standard InChI is InChI=1S/C18H23N3O3S/c1-17(2)13(10-18(17,3)23-5)21(4)15(22)12-8-6-11(7-9-12)14-19-20-16(25)24-14/h6-9,13H,10H2,1-5H3,(H,20,25)/t13-,18+/m1/s1. The average Bonchev–Trinajstić information content (AvgIpc) is 3.04. The van der Waals surface area contributed by atoms with Crippen LogP contribution in [0.15, 0.2) is 28.7 Å². The zero-order valence-electron chi connectivity index (χ0n) is 15.1. The van der Waals surface area contributed by atoms with Crippen molar-refractivity contribution in [1.29, 1.82) is 0 Å². The fourth-order valence-electron chi connectivity index (χ4n) is 3.53. The predicted octanol–water partition coefficient (Wildman–Crippen LogP) is 3.67. The summed E-state index contributed by atoms with van der Waals surface area (Å²) in [7, 11) is 3.58. The van der Waals surface area contributed by atoms with E-state index in [9.17, 15) is 4.79 Å². The molecule has 3 rings (SSSR count). The van der Waals surface area contributed by atoms with Gasteiger partial charge in [0.15, 0.2) is 0 Å². The number of carbonyl (C=O) groups is 1. The summed E-state index contributed by atoms with van der Waals surface area (Å²) >= 11 is 4.88. The Labute approximate surface area is 152 Å². The molecular weight excluding hydrogens is 338 g/mol. The van der Waals surface area contributed by atoms with E-state index < -0.39 is 0 Å². The lowest BCUT2D eigenvalue weighted by Crippen LogP contribution is -2.68. The first-order chi connectivity index (χ1) is 11.7. The molecule has 1 aromatic carbocycles. The van der Waals surface area contributed by atoms with Crippen LogP contribution in [0.3, 0.4) is 0 Å². The Balaban J connectivity index is 1.76. The molecule has 1 N–H and O–H groups in total. The number of ether oxygens (including phenoxy) is 1. The number of nitrogens with one attached hydrogen (secondary N) is 1. The van der Waals surface area contributed by atoms with Crippen molar-refractivity contribution in [2.45, 2.75) is 38.8 Å². The van der Waals surface area contributed by atoms with E-state index in [1.165, 1.54) is 0 Å². The Morgan fingerprint density at radius 3 is 2.48 bits per heavy atom. The summed E-state index contributed by atoms with van der Waals surface area (Å²) in [5, 5.41) is 6.57. The van der Waals surface area contributed by atoms with Gasteiger partial charge < -0.3 is 14.1 Å². The monoisotopic (exact) mass is 361 g/mol. The van der Waals surface area contributed by atoms with E-state index in [2.05, 4.69) is 31.0 Å². The summed E-state index contributed by atoms with van der Waals surface area (Å²) < 4.78 is 10.9. The van der Waals surface area contributed by atoms with Gasteiger partial charge in [0.25, 0.3) is 10.7 Å². The van der Waals surface area contributed by atoms with Crippen molar-refractivity contribution >= 4 is 18.1 Å². The van der Waals surface area contributed by atoms with Crippen molar-refractivity contribution < 1.29 is 13.9 Å². The molecule has 0 aliphatic heterocycles. The number of benzene rings is 1. The van der Waals surface area contributed by atoms with Crippen molar-refractivity contribution in [2.24, 2.45) is 5.41 Å². The summed E-state index contributed by atoms with van der Waals surface area (Å²) in [5.41, 5.74) is 1.07. The normalized spacial score (nSPS) is 24.6. The summed E-state index contributed by atoms with van der Waals surface area (Å²) in [6.07, 6.45) is 0.824. The minimum atomic E-state index is -0.209. The van der Waals surface area contributed by atoms with E-state index in [0.29, 0.717) is 11.5 Å². The molecule has 2 aromatic rings. The quantitative estimate of drug-likeness (QED) is 0.841. The molecule has 1 heterocycles. The van der Waals surface area contributed by atoms with Crippen LogP contribution in [0.1, 0.15) is 37.6 Å². The number of methoxy groups -OCH3 is 1. The van der Waals surface area contributed by atoms with Gasteiger partial charge in [0.1, 0.15) is 0 Å². The molecule has 0 radical (unpaired) electrons. The van der Waals surface area contributed by atoms with E-state index in [0.717, 1.165) is 12.0 Å². The second-order valence-electron chi connectivity index (χ2n) is 7.29. The number of nitrogens with zero attached hydrogens (tertiary/aromatic N) is 2. The van der Waals surface area contributed by atoms with Gasteiger partial charge >= 0.3 is 0 Å². The highest BCUT2D eigenvalue weighted by Gasteiger charge is 2.59. The number of H-pyrrole nitrogens is 1. The highest BCUT2D eigenvalue weighted by molar-refractivity contribution is 7.71. The Kier molecular flexibility index (Phi) is 4.33. The summed E-state index contributed by atoms with van der Waals surface area (Å²) in [6.45, 7) is 6.38. The van der Waals surface area contributed by atoms with E-state index in [4.69, 9.17) is 21.4 Å². The van der Waals surface area contributed by atoms with Crippen molar-refractivity contribution in [1.82, 2.24) is 15.1 Å². The maximum Gasteiger partial charge on any atom is 0.284 e. The fraction of sp³-hybridized carbons (Fsp3) is 0.500. The molecule has 7 heteroatoms. The molecule has 2 atom stereocenters. The number of rotatable bonds is 4. The van der Waals surface area contributed by atoms with Crippen LogP contribution in [0, 0.1) is 10.3 Å². The van der Waals surface area contributed by atoms with E-state index in [-0.39, 0.29) is 27.8 Å². The van der Waals surface area contributed by atoms with Gasteiger partial charge in [-0.25, -0.2) is 5.10 Å². The minimum Gasteiger partial charge on any atom is -0.409 e. The topological polar surface area (TPSA) is 71.4 Å². The van der Waals surface area contributed by atoms with Crippen molar-refractivity contribution in [2.75, 3.05) is 14.2 Å². The molecule has 1 fully saturated rings. The first kappa shape index (κ1) is 17.8. The van der Waals surface area contributed by atoms with E-state index in [1.54, 1.807) is 31.4 Å². The second-order valence-corrected chi connectivity index (χ2v) is 7.66. The van der Waals surface area contributed by atoms with Crippen LogP contribution < -0.4 is 0 Å². The maximum absolute atomic E-state index is 12.8. The largest absolute Gasteiger partial charge is 0.409 e. The number of hydrogen-bond acceptors (Lipinski definition) is 5. The predicted molar refractivity (Wildman–Crippen MR) is 96.8 cm³/mol. The molecule has 0 bridgehead atoms. The molecule has 25 heavy (non-hydrogen) atoms. The molecule has 1 amide bonds. The first-order valence-electron chi connectivity index (χ1n) is 8.18. The van der Waals surface area contributed by atoms with E-state index >= 15 is 0 Å². The molecule has 6 nitrogen and oxygen atoms in total. The lowest BCUT2D eigenvalue weighted by Gasteiger charge is -2.61. The Morgan fingerprint density at radius 1 is 1.36 bits per heavy atom. The molecule has 1 saturated carbocycles. The lowest BCUT2D eigenvalue weighted by molar-refractivity contribution is -0.198. The number of hydrogen-bond donors (Lipinski definition) is 1. The number of aromatic amines is 1. The molecule has 1 aliphatic carbocycles. The van der Waals surface area contributed by atoms with Crippen LogP contribution in [0.2, 0.25) is 0 Å². The minimum absolute atomic E-state index is 0.00861. The van der Waals surface area contributed by atoms with Crippen LogP contribution in [0.25, 0.3) is 11.5 Å². The number of amides is 1. The van der Waals surface area contributed by atoms with Crippen LogP contribution in [0.4, 0.5) is 0 Å². The van der Waals surface area contributed by atoms with Crippen LogP contribution in [-0.2, 0) is 4.74 Å². The third-order valence-corrected chi connectivity index (χ3v) is 6.01. The second kappa shape index (κ2) is 6.07. The zero-order chi connectivity index (χ0) is 18.4. The van der Waals surface area contributed by atoms with Crippen molar-refractivity contribution in [3.05, 3.63) is 34.7 Å². The third-order valence-electron chi connectivity index (χ3n) is 5.83. The third kappa shape index (κ3) is 2.81. The highest BCUT2D eigenvalue weighted by atomic mass is 32.1. The van der Waals surface area contributed by atoms with Crippen LogP contribution >= 0.6 is 12.2 Å². The van der Waals surface area contributed by atoms with Gasteiger partial charge in [-0.15, -0.1) is 5.10 Å². The van der Waals surface area contributed by atoms with Gasteiger partial charge in [0.2, 0.25) is 5.89 Å². The van der Waals surface area contributed by atoms with Gasteiger partial charge in [-0.05, 0) is 49.8 Å². The van der Waals surface area contributed by atoms with E-state index in [1.807, 2.05) is 11.9 Å². The van der Waals surface area contributed by atoms with Crippen LogP contribution in [0.5, 0.6) is 0 Å². The van der Waals surface area contributed by atoms with Gasteiger partial charge in [-0.1, -0.05) is 13.8 Å². The number of carbonyl (C=O) groups excluding carboxylic acids is 1. The molecule has 1 aromatic heterocycles. The highest BCUT2D eigenvalue weighted by Crippen LogP contribution is 2.53. The van der Waals surface area contributed by atoms with Gasteiger partial charge in [0, 0.05) is 36.7 Å². The van der Waals surface area contributed by atoms with Crippen molar-refractivity contribution in [3.63, 3.8) is 0 Å². The first-order valence-corrected chi connectivity index (χ1v) is 8.59. The Hall–Kier alpha value is -1.99. The lowest BCUT2D eigenvalue weighted by atomic mass is 9.55. The van der Waals surface area contributed by atoms with Gasteiger partial charge in [-0.3, -0.25) is 4.79 Å². The van der Waals surface area contributed by atoms with Gasteiger partial charge in [-0.2, -0.15) is 0 Å². The molecule has 1 aliphatic rings. The fourth-order valence-corrected chi connectivity index (χ4v) is 3.65. The van der Waals surface area contributed by atoms with Gasteiger partial charge in [0.05, 0.1) is 5.60 Å². The smallest absolute Gasteiger partial charge is 0.284 e. The summed E-state index contributed by atoms with van der Waals surface area (Å²) in [4.78, 5) is 14.9. The summed E-state index contributed by atoms with van der Waals surface area (Å²) in [6, 6.07) is 7.31. The molecular formula is C18H23N3O3S. The van der Waals surface area contributed by atoms with Crippen LogP contribution in [-0.4, -0.2) is 46.8 Å². The summed E-state index contributed by atoms with van der Waals surface area (Å²) in [5.74, 6) is 0.402. The zero-order valence-corrected chi connectivity index (χ0v) is 15.9. The SMILES string of the molecule is CO[C@@]1(C)C[C@@H](N(C)C(=O)c2ccc(-c3n[nH]c(=S)o3)cc2)C1(C)C. The van der Waals surface area contributed by atoms with Crippen molar-refractivity contribution in [3.8, 4) is 11.5 Å². The molecule has 134 valence electrons. The Bertz CT molecular complexity index is 840.